The summed E-state index contributed by atoms with van der Waals surface area (Å²) < 4.78 is 13.6. The van der Waals surface area contributed by atoms with Gasteiger partial charge in [0.25, 0.3) is 0 Å². The Morgan fingerprint density at radius 2 is 2.00 bits per heavy atom. The van der Waals surface area contributed by atoms with E-state index in [9.17, 15) is 4.39 Å². The molecule has 100 valence electrons. The molecule has 18 heavy (non-hydrogen) atoms. The van der Waals surface area contributed by atoms with Crippen molar-refractivity contribution >= 4 is 11.6 Å². The zero-order chi connectivity index (χ0) is 13.2. The Kier molecular flexibility index (Phi) is 4.29. The molecule has 1 aliphatic carbocycles. The number of halogens is 2. The first-order valence-electron chi connectivity index (χ1n) is 6.64. The summed E-state index contributed by atoms with van der Waals surface area (Å²) in [5, 5.41) is 3.91. The Balaban J connectivity index is 1.85. The molecule has 1 N–H and O–H groups in total. The topological polar surface area (TPSA) is 12.0 Å². The normalized spacial score (nSPS) is 20.0. The van der Waals surface area contributed by atoms with Gasteiger partial charge in [-0.1, -0.05) is 31.5 Å². The summed E-state index contributed by atoms with van der Waals surface area (Å²) in [6, 6.07) is 5.40. The number of benzene rings is 1. The van der Waals surface area contributed by atoms with Crippen LogP contribution in [0.3, 0.4) is 0 Å². The lowest BCUT2D eigenvalue weighted by molar-refractivity contribution is 0.205. The molecule has 0 heterocycles. The predicted octanol–water partition coefficient (Wildman–Crippen LogP) is 4.54. The fraction of sp³-hybridized carbons (Fsp3) is 0.600. The molecular formula is C15H21ClFN. The number of nitrogens with one attached hydrogen (secondary N) is 1. The summed E-state index contributed by atoms with van der Waals surface area (Å²) in [5.41, 5.74) is 1.17. The number of rotatable bonds is 3. The molecule has 0 aromatic heterocycles. The van der Waals surface area contributed by atoms with Crippen LogP contribution in [0.15, 0.2) is 18.2 Å². The highest BCUT2D eigenvalue weighted by molar-refractivity contribution is 6.30. The van der Waals surface area contributed by atoms with Crippen LogP contribution in [0.2, 0.25) is 5.02 Å². The lowest BCUT2D eigenvalue weighted by atomic mass is 9.75. The smallest absolute Gasteiger partial charge is 0.129 e. The van der Waals surface area contributed by atoms with Crippen LogP contribution in [0.5, 0.6) is 0 Å². The van der Waals surface area contributed by atoms with Gasteiger partial charge in [-0.15, -0.1) is 0 Å². The van der Waals surface area contributed by atoms with Crippen molar-refractivity contribution in [2.75, 3.05) is 0 Å². The van der Waals surface area contributed by atoms with Gasteiger partial charge in [0, 0.05) is 23.2 Å². The predicted molar refractivity (Wildman–Crippen MR) is 74.3 cm³/mol. The molecule has 3 heteroatoms. The van der Waals surface area contributed by atoms with Gasteiger partial charge in [-0.25, -0.2) is 4.39 Å². The van der Waals surface area contributed by atoms with E-state index in [4.69, 9.17) is 11.6 Å². The Hall–Kier alpha value is -0.600. The Labute approximate surface area is 114 Å². The van der Waals surface area contributed by atoms with Crippen LogP contribution in [0.4, 0.5) is 4.39 Å². The molecule has 0 atom stereocenters. The second-order valence-corrected chi connectivity index (χ2v) is 6.49. The van der Waals surface area contributed by atoms with Crippen molar-refractivity contribution in [1.29, 1.82) is 0 Å². The van der Waals surface area contributed by atoms with E-state index in [0.29, 0.717) is 28.6 Å². The van der Waals surface area contributed by atoms with E-state index in [1.54, 1.807) is 12.1 Å². The van der Waals surface area contributed by atoms with Gasteiger partial charge in [0.1, 0.15) is 5.82 Å². The highest BCUT2D eigenvalue weighted by Gasteiger charge is 2.26. The summed E-state index contributed by atoms with van der Waals surface area (Å²) in [6.45, 7) is 5.23. The molecule has 0 aliphatic heterocycles. The third-order valence-electron chi connectivity index (χ3n) is 3.94. The van der Waals surface area contributed by atoms with E-state index in [1.165, 1.54) is 31.7 Å². The minimum absolute atomic E-state index is 0.217. The SMILES string of the molecule is CC1(C)CCC(NCc2ccc(Cl)cc2F)CC1. The molecule has 1 nitrogen and oxygen atoms in total. The van der Waals surface area contributed by atoms with Crippen molar-refractivity contribution in [3.05, 3.63) is 34.6 Å². The highest BCUT2D eigenvalue weighted by Crippen LogP contribution is 2.35. The molecule has 1 saturated carbocycles. The van der Waals surface area contributed by atoms with Gasteiger partial charge in [0.2, 0.25) is 0 Å². The standard InChI is InChI=1S/C15H21ClFN/c1-15(2)7-5-13(6-8-15)18-10-11-3-4-12(16)9-14(11)17/h3-4,9,13,18H,5-8,10H2,1-2H3. The quantitative estimate of drug-likeness (QED) is 0.850. The maximum absolute atomic E-state index is 13.6. The first-order chi connectivity index (χ1) is 8.46. The molecule has 1 aromatic rings. The molecule has 0 spiro atoms. The van der Waals surface area contributed by atoms with E-state index in [2.05, 4.69) is 19.2 Å². The van der Waals surface area contributed by atoms with Gasteiger partial charge in [-0.3, -0.25) is 0 Å². The van der Waals surface area contributed by atoms with Crippen molar-refractivity contribution in [3.8, 4) is 0 Å². The maximum atomic E-state index is 13.6. The molecule has 0 saturated heterocycles. The fourth-order valence-electron chi connectivity index (χ4n) is 2.52. The van der Waals surface area contributed by atoms with Gasteiger partial charge in [-0.05, 0) is 43.2 Å². The number of hydrogen-bond acceptors (Lipinski definition) is 1. The van der Waals surface area contributed by atoms with E-state index in [-0.39, 0.29) is 5.82 Å². The van der Waals surface area contributed by atoms with Crippen LogP contribution in [-0.2, 0) is 6.54 Å². The van der Waals surface area contributed by atoms with Gasteiger partial charge in [0.15, 0.2) is 0 Å². The third kappa shape index (κ3) is 3.69. The molecular weight excluding hydrogens is 249 g/mol. The summed E-state index contributed by atoms with van der Waals surface area (Å²) >= 11 is 5.74. The summed E-state index contributed by atoms with van der Waals surface area (Å²) in [6.07, 6.45) is 4.85. The lowest BCUT2D eigenvalue weighted by Crippen LogP contribution is -2.35. The van der Waals surface area contributed by atoms with Crippen LogP contribution < -0.4 is 5.32 Å². The van der Waals surface area contributed by atoms with Crippen molar-refractivity contribution in [3.63, 3.8) is 0 Å². The van der Waals surface area contributed by atoms with Crippen molar-refractivity contribution < 1.29 is 4.39 Å². The summed E-state index contributed by atoms with van der Waals surface area (Å²) in [7, 11) is 0. The Morgan fingerprint density at radius 3 is 2.61 bits per heavy atom. The van der Waals surface area contributed by atoms with Crippen LogP contribution in [-0.4, -0.2) is 6.04 Å². The zero-order valence-corrected chi connectivity index (χ0v) is 11.9. The fourth-order valence-corrected chi connectivity index (χ4v) is 2.68. The largest absolute Gasteiger partial charge is 0.310 e. The molecule has 0 unspecified atom stereocenters. The first kappa shape index (κ1) is 13.8. The van der Waals surface area contributed by atoms with Gasteiger partial charge in [-0.2, -0.15) is 0 Å². The minimum atomic E-state index is -0.217. The van der Waals surface area contributed by atoms with Crippen LogP contribution in [0.25, 0.3) is 0 Å². The van der Waals surface area contributed by atoms with Crippen molar-refractivity contribution in [1.82, 2.24) is 5.32 Å². The van der Waals surface area contributed by atoms with E-state index in [0.717, 1.165) is 0 Å². The van der Waals surface area contributed by atoms with Gasteiger partial charge >= 0.3 is 0 Å². The van der Waals surface area contributed by atoms with Crippen molar-refractivity contribution in [2.24, 2.45) is 5.41 Å². The van der Waals surface area contributed by atoms with Crippen LogP contribution >= 0.6 is 11.6 Å². The third-order valence-corrected chi connectivity index (χ3v) is 4.17. The molecule has 0 radical (unpaired) electrons. The second kappa shape index (κ2) is 5.58. The molecule has 1 fully saturated rings. The maximum Gasteiger partial charge on any atom is 0.129 e. The summed E-state index contributed by atoms with van der Waals surface area (Å²) in [5.74, 6) is -0.217. The molecule has 1 aliphatic rings. The van der Waals surface area contributed by atoms with Crippen LogP contribution in [0, 0.1) is 11.2 Å². The average molecular weight is 270 g/mol. The highest BCUT2D eigenvalue weighted by atomic mass is 35.5. The molecule has 0 bridgehead atoms. The lowest BCUT2D eigenvalue weighted by Gasteiger charge is -2.34. The van der Waals surface area contributed by atoms with E-state index >= 15 is 0 Å². The van der Waals surface area contributed by atoms with Crippen molar-refractivity contribution in [2.45, 2.75) is 52.1 Å². The molecule has 0 amide bonds. The Morgan fingerprint density at radius 1 is 1.33 bits per heavy atom. The van der Waals surface area contributed by atoms with Crippen LogP contribution in [0.1, 0.15) is 45.1 Å². The first-order valence-corrected chi connectivity index (χ1v) is 7.01. The van der Waals surface area contributed by atoms with Gasteiger partial charge in [0.05, 0.1) is 0 Å². The average Bonchev–Trinajstić information content (AvgIpc) is 2.29. The Bertz CT molecular complexity index is 407. The zero-order valence-electron chi connectivity index (χ0n) is 11.1. The van der Waals surface area contributed by atoms with E-state index in [1.807, 2.05) is 0 Å². The number of hydrogen-bond donors (Lipinski definition) is 1. The monoisotopic (exact) mass is 269 g/mol. The minimum Gasteiger partial charge on any atom is -0.310 e. The molecule has 1 aromatic carbocycles. The van der Waals surface area contributed by atoms with Gasteiger partial charge < -0.3 is 5.32 Å². The second-order valence-electron chi connectivity index (χ2n) is 6.06. The summed E-state index contributed by atoms with van der Waals surface area (Å²) in [4.78, 5) is 0. The van der Waals surface area contributed by atoms with E-state index < -0.39 is 0 Å². The molecule has 2 rings (SSSR count).